The Hall–Kier alpha value is -3.86. The Morgan fingerprint density at radius 2 is 1.58 bits per heavy atom. The van der Waals surface area contributed by atoms with Crippen LogP contribution in [0.3, 0.4) is 0 Å². The molecular weight excluding hydrogens is 492 g/mol. The fraction of sp³-hybridized carbons (Fsp3) is 0.115. The van der Waals surface area contributed by atoms with E-state index >= 15 is 0 Å². The molecule has 0 radical (unpaired) electrons. The molecule has 0 aliphatic heterocycles. The Balaban J connectivity index is 1.43. The van der Waals surface area contributed by atoms with Gasteiger partial charge in [0, 0.05) is 12.5 Å². The van der Waals surface area contributed by atoms with Crippen LogP contribution in [0.15, 0.2) is 89.8 Å². The van der Waals surface area contributed by atoms with E-state index in [1.54, 1.807) is 18.2 Å². The van der Waals surface area contributed by atoms with E-state index < -0.39 is 10.0 Å². The molecule has 5 aromatic rings. The third-order valence-electron chi connectivity index (χ3n) is 5.45. The number of aromatic nitrogens is 3. The second kappa shape index (κ2) is 10.4. The van der Waals surface area contributed by atoms with Crippen molar-refractivity contribution in [2.24, 2.45) is 0 Å². The van der Waals surface area contributed by atoms with Gasteiger partial charge in [0.15, 0.2) is 5.13 Å². The molecule has 0 fully saturated rings. The van der Waals surface area contributed by atoms with Crippen LogP contribution < -0.4 is 15.6 Å². The molecule has 36 heavy (non-hydrogen) atoms. The molecule has 0 saturated carbocycles. The molecular formula is C26H24N6O2S2. The lowest BCUT2D eigenvalue weighted by Gasteiger charge is -2.11. The largest absolute Gasteiger partial charge is 0.316 e. The standard InChI is InChI=1S/C26H24N6O2S2/c1-2-18-13-14-22-23(16-18)35-26(28-22)30-24-17-20(15-19-9-5-3-6-10-19)27-25(29-24)31-32-36(33,34)21-11-7-4-8-12-21/h3-14,16-17,32H,2,15H2,1H3,(H2,27,28,29,30,31). The highest BCUT2D eigenvalue weighted by Gasteiger charge is 2.15. The summed E-state index contributed by atoms with van der Waals surface area (Å²) >= 11 is 1.54. The number of hydrogen-bond acceptors (Lipinski definition) is 8. The van der Waals surface area contributed by atoms with Gasteiger partial charge in [0.25, 0.3) is 10.0 Å². The van der Waals surface area contributed by atoms with E-state index in [2.05, 4.69) is 49.6 Å². The minimum absolute atomic E-state index is 0.125. The van der Waals surface area contributed by atoms with Crippen molar-refractivity contribution >= 4 is 48.5 Å². The molecule has 2 aromatic heterocycles. The number of aryl methyl sites for hydroxylation is 1. The van der Waals surface area contributed by atoms with Gasteiger partial charge in [-0.15, -0.1) is 4.83 Å². The normalized spacial score (nSPS) is 11.5. The van der Waals surface area contributed by atoms with Gasteiger partial charge in [-0.1, -0.05) is 72.9 Å². The SMILES string of the molecule is CCc1ccc2nc(Nc3cc(Cc4ccccc4)nc(NNS(=O)(=O)c4ccccc4)n3)sc2c1. The van der Waals surface area contributed by atoms with Crippen LogP contribution in [0.5, 0.6) is 0 Å². The van der Waals surface area contributed by atoms with Crippen LogP contribution in [0.4, 0.5) is 16.9 Å². The van der Waals surface area contributed by atoms with Crippen LogP contribution in [0, 0.1) is 0 Å². The Morgan fingerprint density at radius 1 is 0.833 bits per heavy atom. The fourth-order valence-electron chi connectivity index (χ4n) is 3.64. The summed E-state index contributed by atoms with van der Waals surface area (Å²) in [5.41, 5.74) is 6.61. The number of hydrogen-bond donors (Lipinski definition) is 3. The number of hydrazine groups is 1. The van der Waals surface area contributed by atoms with E-state index in [1.807, 2.05) is 42.5 Å². The maximum atomic E-state index is 12.7. The van der Waals surface area contributed by atoms with Crippen molar-refractivity contribution in [1.29, 1.82) is 0 Å². The fourth-order valence-corrected chi connectivity index (χ4v) is 5.43. The molecule has 0 aliphatic rings. The summed E-state index contributed by atoms with van der Waals surface area (Å²) in [6.45, 7) is 2.12. The lowest BCUT2D eigenvalue weighted by molar-refractivity contribution is 0.587. The number of thiazole rings is 1. The van der Waals surface area contributed by atoms with Crippen molar-refractivity contribution in [2.45, 2.75) is 24.7 Å². The summed E-state index contributed by atoms with van der Waals surface area (Å²) in [4.78, 5) is 16.2. The lowest BCUT2D eigenvalue weighted by atomic mass is 10.1. The van der Waals surface area contributed by atoms with Gasteiger partial charge < -0.3 is 5.32 Å². The summed E-state index contributed by atoms with van der Waals surface area (Å²) in [7, 11) is -3.80. The van der Waals surface area contributed by atoms with Crippen LogP contribution >= 0.6 is 11.3 Å². The molecule has 0 unspecified atom stereocenters. The number of sulfonamides is 1. The second-order valence-corrected chi connectivity index (χ2v) is 10.8. The van der Waals surface area contributed by atoms with Gasteiger partial charge in [0.05, 0.1) is 20.8 Å². The van der Waals surface area contributed by atoms with Crippen molar-refractivity contribution < 1.29 is 8.42 Å². The molecule has 10 heteroatoms. The number of benzene rings is 3. The highest BCUT2D eigenvalue weighted by Crippen LogP contribution is 2.29. The van der Waals surface area contributed by atoms with Crippen LogP contribution in [0.1, 0.15) is 23.7 Å². The van der Waals surface area contributed by atoms with Gasteiger partial charge in [0.2, 0.25) is 5.95 Å². The summed E-state index contributed by atoms with van der Waals surface area (Å²) < 4.78 is 26.4. The molecule has 8 nitrogen and oxygen atoms in total. The first kappa shape index (κ1) is 23.9. The Bertz CT molecular complexity index is 1590. The summed E-state index contributed by atoms with van der Waals surface area (Å²) in [5.74, 6) is 0.631. The van der Waals surface area contributed by atoms with Gasteiger partial charge in [-0.05, 0) is 41.8 Å². The summed E-state index contributed by atoms with van der Waals surface area (Å²) in [6, 6.07) is 26.1. The minimum Gasteiger partial charge on any atom is -0.316 e. The zero-order chi connectivity index (χ0) is 25.0. The van der Waals surface area contributed by atoms with Crippen molar-refractivity contribution in [1.82, 2.24) is 19.8 Å². The molecule has 0 amide bonds. The first-order chi connectivity index (χ1) is 17.5. The number of nitrogens with zero attached hydrogens (tertiary/aromatic N) is 3. The third-order valence-corrected chi connectivity index (χ3v) is 7.65. The number of anilines is 3. The molecule has 2 heterocycles. The van der Waals surface area contributed by atoms with E-state index in [9.17, 15) is 8.42 Å². The third kappa shape index (κ3) is 5.68. The van der Waals surface area contributed by atoms with E-state index in [1.165, 1.54) is 29.0 Å². The van der Waals surface area contributed by atoms with Gasteiger partial charge in [-0.3, -0.25) is 5.43 Å². The minimum atomic E-state index is -3.80. The van der Waals surface area contributed by atoms with E-state index in [0.717, 1.165) is 27.9 Å². The molecule has 0 atom stereocenters. The van der Waals surface area contributed by atoms with Gasteiger partial charge in [0.1, 0.15) is 5.82 Å². The maximum Gasteiger partial charge on any atom is 0.257 e. The maximum absolute atomic E-state index is 12.7. The van der Waals surface area contributed by atoms with E-state index in [0.29, 0.717) is 17.4 Å². The topological polar surface area (TPSA) is 109 Å². The van der Waals surface area contributed by atoms with Crippen molar-refractivity contribution in [3.63, 3.8) is 0 Å². The molecule has 5 rings (SSSR count). The lowest BCUT2D eigenvalue weighted by Crippen LogP contribution is -2.30. The zero-order valence-corrected chi connectivity index (χ0v) is 21.1. The monoisotopic (exact) mass is 516 g/mol. The highest BCUT2D eigenvalue weighted by molar-refractivity contribution is 7.89. The average Bonchev–Trinajstić information content (AvgIpc) is 3.30. The van der Waals surface area contributed by atoms with Crippen molar-refractivity contribution in [2.75, 3.05) is 10.7 Å². The molecule has 3 N–H and O–H groups in total. The molecule has 3 aromatic carbocycles. The first-order valence-electron chi connectivity index (χ1n) is 11.4. The number of rotatable bonds is 9. The van der Waals surface area contributed by atoms with Crippen molar-refractivity contribution in [3.05, 3.63) is 102 Å². The number of fused-ring (bicyclic) bond motifs is 1. The molecule has 182 valence electrons. The average molecular weight is 517 g/mol. The van der Waals surface area contributed by atoms with Gasteiger partial charge in [-0.2, -0.15) is 4.98 Å². The summed E-state index contributed by atoms with van der Waals surface area (Å²) in [5, 5.41) is 3.96. The predicted octanol–water partition coefficient (Wildman–Crippen LogP) is 5.29. The molecule has 0 aliphatic carbocycles. The highest BCUT2D eigenvalue weighted by atomic mass is 32.2. The Labute approximate surface area is 213 Å². The Morgan fingerprint density at radius 3 is 2.33 bits per heavy atom. The van der Waals surface area contributed by atoms with Crippen molar-refractivity contribution in [3.8, 4) is 0 Å². The van der Waals surface area contributed by atoms with Crippen LogP contribution in [0.25, 0.3) is 10.2 Å². The smallest absolute Gasteiger partial charge is 0.257 e. The van der Waals surface area contributed by atoms with Crippen LogP contribution in [0.2, 0.25) is 0 Å². The summed E-state index contributed by atoms with van der Waals surface area (Å²) in [6.07, 6.45) is 1.51. The predicted molar refractivity (Wildman–Crippen MR) is 144 cm³/mol. The zero-order valence-electron chi connectivity index (χ0n) is 19.5. The van der Waals surface area contributed by atoms with E-state index in [4.69, 9.17) is 0 Å². The van der Waals surface area contributed by atoms with Gasteiger partial charge in [-0.25, -0.2) is 18.4 Å². The van der Waals surface area contributed by atoms with Crippen LogP contribution in [-0.4, -0.2) is 23.4 Å². The second-order valence-electron chi connectivity index (χ2n) is 8.07. The first-order valence-corrected chi connectivity index (χ1v) is 13.7. The van der Waals surface area contributed by atoms with E-state index in [-0.39, 0.29) is 10.8 Å². The molecule has 0 bridgehead atoms. The molecule has 0 spiro atoms. The van der Waals surface area contributed by atoms with Gasteiger partial charge >= 0.3 is 0 Å². The Kier molecular flexibility index (Phi) is 6.90. The molecule has 0 saturated heterocycles. The number of nitrogens with one attached hydrogen (secondary N) is 3. The quantitative estimate of drug-likeness (QED) is 0.228. The van der Waals surface area contributed by atoms with Crippen LogP contribution in [-0.2, 0) is 22.9 Å².